The second-order valence-electron chi connectivity index (χ2n) is 7.95. The molecule has 0 bridgehead atoms. The zero-order valence-electron chi connectivity index (χ0n) is 16.2. The van der Waals surface area contributed by atoms with Crippen LogP contribution in [-0.4, -0.2) is 14.4 Å². The fourth-order valence-electron chi connectivity index (χ4n) is 4.95. The van der Waals surface area contributed by atoms with Crippen molar-refractivity contribution in [2.24, 2.45) is 0 Å². The number of nitrogens with zero attached hydrogens (tertiary/aromatic N) is 3. The van der Waals surface area contributed by atoms with Gasteiger partial charge in [0.1, 0.15) is 28.0 Å². The Morgan fingerprint density at radius 3 is 2.32 bits per heavy atom. The van der Waals surface area contributed by atoms with Crippen LogP contribution in [0, 0.1) is 0 Å². The first kappa shape index (κ1) is 15.5. The molecule has 0 radical (unpaired) electrons. The molecule has 0 spiro atoms. The average Bonchev–Trinajstić information content (AvgIpc) is 3.51. The molecule has 0 N–H and O–H groups in total. The largest absolute Gasteiger partial charge is 0.456 e. The van der Waals surface area contributed by atoms with Crippen molar-refractivity contribution in [1.82, 2.24) is 14.4 Å². The van der Waals surface area contributed by atoms with Crippen LogP contribution in [0.3, 0.4) is 0 Å². The van der Waals surface area contributed by atoms with Gasteiger partial charge in [-0.15, -0.1) is 0 Å². The number of furan rings is 2. The summed E-state index contributed by atoms with van der Waals surface area (Å²) in [5.74, 6) is 0. The summed E-state index contributed by atoms with van der Waals surface area (Å²) >= 11 is 0. The lowest BCUT2D eigenvalue weighted by molar-refractivity contribution is 0.664. The first-order valence-electron chi connectivity index (χ1n) is 10.2. The van der Waals surface area contributed by atoms with Crippen molar-refractivity contribution in [1.29, 1.82) is 0 Å². The van der Waals surface area contributed by atoms with Crippen molar-refractivity contribution in [2.45, 2.75) is 0 Å². The Morgan fingerprint density at radius 1 is 0.613 bits per heavy atom. The number of benzene rings is 3. The van der Waals surface area contributed by atoms with Crippen LogP contribution in [0.2, 0.25) is 0 Å². The molecule has 144 valence electrons. The van der Waals surface area contributed by atoms with Crippen molar-refractivity contribution < 1.29 is 8.83 Å². The number of aromatic nitrogens is 3. The smallest absolute Gasteiger partial charge is 0.145 e. The summed E-state index contributed by atoms with van der Waals surface area (Å²) < 4.78 is 14.6. The first-order valence-corrected chi connectivity index (χ1v) is 10.2. The summed E-state index contributed by atoms with van der Waals surface area (Å²) in [6.07, 6.45) is 7.55. The van der Waals surface area contributed by atoms with Crippen LogP contribution < -0.4 is 0 Å². The fourth-order valence-corrected chi connectivity index (χ4v) is 4.95. The maximum absolute atomic E-state index is 6.33. The lowest BCUT2D eigenvalue weighted by Gasteiger charge is -2.07. The fraction of sp³-hybridized carbons (Fsp3) is 0. The Hall–Kier alpha value is -4.38. The Bertz CT molecular complexity index is 2010. The van der Waals surface area contributed by atoms with Gasteiger partial charge in [-0.3, -0.25) is 9.38 Å². The third kappa shape index (κ3) is 1.86. The van der Waals surface area contributed by atoms with E-state index in [-0.39, 0.29) is 0 Å². The van der Waals surface area contributed by atoms with Crippen molar-refractivity contribution >= 4 is 71.2 Å². The van der Waals surface area contributed by atoms with Gasteiger partial charge in [-0.2, -0.15) is 0 Å². The molecule has 3 aromatic carbocycles. The summed E-state index contributed by atoms with van der Waals surface area (Å²) in [6.45, 7) is 0. The lowest BCUT2D eigenvalue weighted by atomic mass is 10.0. The Kier molecular flexibility index (Phi) is 2.60. The summed E-state index contributed by atoms with van der Waals surface area (Å²) in [6, 6.07) is 18.6. The molecule has 0 saturated heterocycles. The first-order chi connectivity index (χ1) is 15.3. The third-order valence-corrected chi connectivity index (χ3v) is 6.34. The standard InChI is InChI=1S/C26H13N3O2/c1-2-4-22-14(3-1)18-10-24-19(11-23(18)30-22)17-9-16-20-13-27-6-5-15(20)26-28-7-8-29(26)21(16)12-25(17)31-24/h1-13H. The van der Waals surface area contributed by atoms with Gasteiger partial charge in [-0.1, -0.05) is 18.2 Å². The van der Waals surface area contributed by atoms with Crippen LogP contribution in [0.5, 0.6) is 0 Å². The quantitative estimate of drug-likeness (QED) is 0.262. The molecule has 5 aromatic heterocycles. The topological polar surface area (TPSA) is 56.5 Å². The predicted octanol–water partition coefficient (Wildman–Crippen LogP) is 6.83. The molecule has 8 rings (SSSR count). The van der Waals surface area contributed by atoms with E-state index in [9.17, 15) is 0 Å². The maximum Gasteiger partial charge on any atom is 0.145 e. The SMILES string of the molecule is c1ccc2c(c1)oc1cc3c(cc12)oc1cc2c(cc13)c1cnccc1c1nccn21. The number of imidazole rings is 1. The maximum atomic E-state index is 6.33. The molecule has 8 aromatic rings. The summed E-state index contributed by atoms with van der Waals surface area (Å²) in [5, 5.41) is 7.56. The summed E-state index contributed by atoms with van der Waals surface area (Å²) in [7, 11) is 0. The molecule has 0 aliphatic rings. The van der Waals surface area contributed by atoms with Gasteiger partial charge in [0.15, 0.2) is 0 Å². The zero-order valence-corrected chi connectivity index (χ0v) is 16.2. The predicted molar refractivity (Wildman–Crippen MR) is 123 cm³/mol. The minimum absolute atomic E-state index is 0.845. The van der Waals surface area contributed by atoms with Gasteiger partial charge in [0.05, 0.1) is 5.52 Å². The minimum atomic E-state index is 0.845. The Morgan fingerprint density at radius 2 is 1.39 bits per heavy atom. The Labute approximate surface area is 174 Å². The zero-order chi connectivity index (χ0) is 20.1. The van der Waals surface area contributed by atoms with Crippen molar-refractivity contribution in [2.75, 3.05) is 0 Å². The van der Waals surface area contributed by atoms with Gasteiger partial charge >= 0.3 is 0 Å². The van der Waals surface area contributed by atoms with Crippen LogP contribution >= 0.6 is 0 Å². The molecule has 0 fully saturated rings. The molecule has 0 aliphatic heterocycles. The van der Waals surface area contributed by atoms with E-state index in [1.165, 1.54) is 0 Å². The molecular weight excluding hydrogens is 386 g/mol. The molecule has 0 saturated carbocycles. The second-order valence-corrected chi connectivity index (χ2v) is 7.95. The van der Waals surface area contributed by atoms with Crippen LogP contribution in [0.4, 0.5) is 0 Å². The highest BCUT2D eigenvalue weighted by molar-refractivity contribution is 6.20. The molecule has 31 heavy (non-hydrogen) atoms. The molecule has 0 atom stereocenters. The van der Waals surface area contributed by atoms with E-state index < -0.39 is 0 Å². The van der Waals surface area contributed by atoms with Crippen molar-refractivity contribution in [3.8, 4) is 0 Å². The molecule has 0 aliphatic carbocycles. The van der Waals surface area contributed by atoms with Crippen LogP contribution in [0.25, 0.3) is 71.2 Å². The van der Waals surface area contributed by atoms with E-state index in [0.717, 1.165) is 71.2 Å². The highest BCUT2D eigenvalue weighted by Crippen LogP contribution is 2.39. The van der Waals surface area contributed by atoms with Gasteiger partial charge in [0.2, 0.25) is 0 Å². The molecule has 5 heteroatoms. The van der Waals surface area contributed by atoms with Crippen LogP contribution in [0.15, 0.2) is 88.2 Å². The molecule has 0 amide bonds. The van der Waals surface area contributed by atoms with Gasteiger partial charge in [-0.05, 0) is 30.3 Å². The monoisotopic (exact) mass is 399 g/mol. The molecule has 5 nitrogen and oxygen atoms in total. The van der Waals surface area contributed by atoms with Gasteiger partial charge < -0.3 is 8.83 Å². The second kappa shape index (κ2) is 5.21. The number of rotatable bonds is 0. The molecule has 5 heterocycles. The van der Waals surface area contributed by atoms with Gasteiger partial charge in [-0.25, -0.2) is 4.98 Å². The molecule has 0 unspecified atom stereocenters. The highest BCUT2D eigenvalue weighted by Gasteiger charge is 2.16. The number of hydrogen-bond acceptors (Lipinski definition) is 4. The number of para-hydroxylation sites is 1. The number of pyridine rings is 2. The normalized spacial score (nSPS) is 12.5. The summed E-state index contributed by atoms with van der Waals surface area (Å²) in [5.41, 5.74) is 5.43. The lowest BCUT2D eigenvalue weighted by Crippen LogP contribution is -1.91. The van der Waals surface area contributed by atoms with E-state index in [1.54, 1.807) is 0 Å². The Balaban J connectivity index is 1.58. The van der Waals surface area contributed by atoms with Gasteiger partial charge in [0, 0.05) is 68.6 Å². The van der Waals surface area contributed by atoms with E-state index >= 15 is 0 Å². The number of hydrogen-bond donors (Lipinski definition) is 0. The van der Waals surface area contributed by atoms with E-state index in [1.807, 2.05) is 49.1 Å². The van der Waals surface area contributed by atoms with Crippen molar-refractivity contribution in [3.63, 3.8) is 0 Å². The van der Waals surface area contributed by atoms with Crippen molar-refractivity contribution in [3.05, 3.63) is 79.4 Å². The van der Waals surface area contributed by atoms with Crippen LogP contribution in [-0.2, 0) is 0 Å². The summed E-state index contributed by atoms with van der Waals surface area (Å²) in [4.78, 5) is 8.95. The van der Waals surface area contributed by atoms with Gasteiger partial charge in [0.25, 0.3) is 0 Å². The number of fused-ring (bicyclic) bond motifs is 12. The van der Waals surface area contributed by atoms with E-state index in [0.29, 0.717) is 0 Å². The van der Waals surface area contributed by atoms with E-state index in [2.05, 4.69) is 44.7 Å². The van der Waals surface area contributed by atoms with Crippen LogP contribution in [0.1, 0.15) is 0 Å². The minimum Gasteiger partial charge on any atom is -0.456 e. The average molecular weight is 399 g/mol. The van der Waals surface area contributed by atoms with E-state index in [4.69, 9.17) is 8.83 Å². The molecular formula is C26H13N3O2. The highest BCUT2D eigenvalue weighted by atomic mass is 16.3. The third-order valence-electron chi connectivity index (χ3n) is 6.34.